The van der Waals surface area contributed by atoms with Crippen LogP contribution in [-0.2, 0) is 4.79 Å². The molecule has 23 heavy (non-hydrogen) atoms. The van der Waals surface area contributed by atoms with Crippen LogP contribution in [0.4, 0.5) is 5.13 Å². The van der Waals surface area contributed by atoms with Crippen molar-refractivity contribution < 1.29 is 9.53 Å². The average molecular weight is 331 g/mol. The van der Waals surface area contributed by atoms with Crippen molar-refractivity contribution in [2.24, 2.45) is 5.92 Å². The fraction of sp³-hybridized carbons (Fsp3) is 0.412. The highest BCUT2D eigenvalue weighted by Gasteiger charge is 2.20. The van der Waals surface area contributed by atoms with E-state index in [1.54, 1.807) is 7.11 Å². The van der Waals surface area contributed by atoms with Gasteiger partial charge in [-0.3, -0.25) is 4.79 Å². The summed E-state index contributed by atoms with van der Waals surface area (Å²) < 4.78 is 5.39. The van der Waals surface area contributed by atoms with Gasteiger partial charge in [-0.05, 0) is 44.4 Å². The van der Waals surface area contributed by atoms with E-state index in [0.29, 0.717) is 11.7 Å². The van der Waals surface area contributed by atoms with E-state index in [2.05, 4.69) is 15.6 Å². The number of ether oxygens (including phenoxy) is 1. The van der Waals surface area contributed by atoms with Gasteiger partial charge >= 0.3 is 0 Å². The average Bonchev–Trinajstić information content (AvgIpc) is 3.24. The Morgan fingerprint density at radius 3 is 3.00 bits per heavy atom. The monoisotopic (exact) mass is 331 g/mol. The van der Waals surface area contributed by atoms with E-state index in [1.165, 1.54) is 24.2 Å². The van der Waals surface area contributed by atoms with Crippen LogP contribution in [0.25, 0.3) is 11.3 Å². The first-order valence-corrected chi connectivity index (χ1v) is 8.65. The maximum Gasteiger partial charge on any atom is 0.240 e. The van der Waals surface area contributed by atoms with Gasteiger partial charge in [0.15, 0.2) is 5.13 Å². The maximum atomic E-state index is 11.9. The van der Waals surface area contributed by atoms with Crippen molar-refractivity contribution in [2.45, 2.75) is 19.8 Å². The highest BCUT2D eigenvalue weighted by Crippen LogP contribution is 2.33. The van der Waals surface area contributed by atoms with E-state index in [9.17, 15) is 4.79 Å². The number of thiazole rings is 1. The summed E-state index contributed by atoms with van der Waals surface area (Å²) in [5, 5.41) is 8.57. The van der Waals surface area contributed by atoms with Crippen LogP contribution in [0.3, 0.4) is 0 Å². The lowest BCUT2D eigenvalue weighted by atomic mass is 10.1. The number of anilines is 1. The van der Waals surface area contributed by atoms with Crippen molar-refractivity contribution in [1.82, 2.24) is 10.3 Å². The lowest BCUT2D eigenvalue weighted by Gasteiger charge is -2.07. The number of hydrogen-bond acceptors (Lipinski definition) is 5. The van der Waals surface area contributed by atoms with Gasteiger partial charge in [0.2, 0.25) is 5.91 Å². The summed E-state index contributed by atoms with van der Waals surface area (Å²) in [6.45, 7) is 3.29. The zero-order valence-electron chi connectivity index (χ0n) is 13.4. The first kappa shape index (κ1) is 16.0. The zero-order chi connectivity index (χ0) is 16.2. The van der Waals surface area contributed by atoms with E-state index in [1.807, 2.05) is 30.5 Å². The second kappa shape index (κ2) is 7.10. The number of amides is 1. The molecule has 122 valence electrons. The predicted molar refractivity (Wildman–Crippen MR) is 93.1 cm³/mol. The lowest BCUT2D eigenvalue weighted by molar-refractivity contribution is -0.115. The number of methoxy groups -OCH3 is 1. The molecule has 2 N–H and O–H groups in total. The molecule has 0 unspecified atom stereocenters. The van der Waals surface area contributed by atoms with E-state index in [-0.39, 0.29) is 5.91 Å². The number of carbonyl (C=O) groups is 1. The van der Waals surface area contributed by atoms with Gasteiger partial charge in [0, 0.05) is 10.9 Å². The molecule has 1 aromatic heterocycles. The summed E-state index contributed by atoms with van der Waals surface area (Å²) in [4.78, 5) is 16.4. The van der Waals surface area contributed by atoms with Gasteiger partial charge in [0.1, 0.15) is 5.75 Å². The molecular formula is C17H21N3O2S. The molecule has 1 fully saturated rings. The minimum atomic E-state index is -0.0530. The Hall–Kier alpha value is -1.92. The number of hydrogen-bond donors (Lipinski definition) is 2. The number of carbonyl (C=O) groups excluding carboxylic acids is 1. The summed E-state index contributed by atoms with van der Waals surface area (Å²) in [5.74, 6) is 1.50. The number of nitrogens with one attached hydrogen (secondary N) is 2. The number of aromatic nitrogens is 1. The first-order chi connectivity index (χ1) is 11.2. The fourth-order valence-electron chi connectivity index (χ4n) is 2.35. The van der Waals surface area contributed by atoms with Gasteiger partial charge < -0.3 is 15.4 Å². The van der Waals surface area contributed by atoms with Crippen molar-refractivity contribution in [3.8, 4) is 17.0 Å². The third kappa shape index (κ3) is 4.30. The van der Waals surface area contributed by atoms with Crippen molar-refractivity contribution in [3.05, 3.63) is 29.1 Å². The van der Waals surface area contributed by atoms with Crippen molar-refractivity contribution in [3.63, 3.8) is 0 Å². The molecule has 0 spiro atoms. The van der Waals surface area contributed by atoms with Gasteiger partial charge in [0.25, 0.3) is 0 Å². The maximum absolute atomic E-state index is 11.9. The van der Waals surface area contributed by atoms with Crippen LogP contribution in [0, 0.1) is 12.8 Å². The normalized spacial score (nSPS) is 13.8. The molecule has 3 rings (SSSR count). The van der Waals surface area contributed by atoms with Gasteiger partial charge in [-0.15, -0.1) is 11.3 Å². The van der Waals surface area contributed by atoms with Gasteiger partial charge in [0.05, 0.1) is 19.3 Å². The Labute approximate surface area is 140 Å². The molecule has 1 aliphatic carbocycles. The molecule has 0 atom stereocenters. The Kier molecular flexibility index (Phi) is 4.93. The Bertz CT molecular complexity index is 695. The largest absolute Gasteiger partial charge is 0.496 e. The van der Waals surface area contributed by atoms with Crippen molar-refractivity contribution >= 4 is 22.4 Å². The van der Waals surface area contributed by atoms with Crippen LogP contribution in [-0.4, -0.2) is 31.1 Å². The second-order valence-corrected chi connectivity index (χ2v) is 6.72. The van der Waals surface area contributed by atoms with Crippen LogP contribution >= 0.6 is 11.3 Å². The molecule has 1 saturated carbocycles. The Balaban J connectivity index is 1.63. The third-order valence-electron chi connectivity index (χ3n) is 3.80. The molecule has 1 aromatic carbocycles. The van der Waals surface area contributed by atoms with Gasteiger partial charge in [-0.2, -0.15) is 0 Å². The van der Waals surface area contributed by atoms with E-state index >= 15 is 0 Å². The van der Waals surface area contributed by atoms with E-state index in [0.717, 1.165) is 35.0 Å². The standard InChI is InChI=1S/C17H21N3O2S/c1-11-3-6-15(22-2)13(7-11)14-10-23-17(19-14)20-16(21)9-18-8-12-4-5-12/h3,6-7,10,12,18H,4-5,8-9H2,1-2H3,(H,19,20,21). The lowest BCUT2D eigenvalue weighted by Crippen LogP contribution is -2.29. The summed E-state index contributed by atoms with van der Waals surface area (Å²) in [6, 6.07) is 5.98. The Morgan fingerprint density at radius 2 is 2.26 bits per heavy atom. The number of nitrogens with zero attached hydrogens (tertiary/aromatic N) is 1. The van der Waals surface area contributed by atoms with E-state index < -0.39 is 0 Å². The molecule has 1 heterocycles. The molecule has 0 radical (unpaired) electrons. The molecular weight excluding hydrogens is 310 g/mol. The molecule has 0 bridgehead atoms. The predicted octanol–water partition coefficient (Wildman–Crippen LogP) is 3.07. The molecule has 0 aliphatic heterocycles. The molecule has 1 aliphatic rings. The summed E-state index contributed by atoms with van der Waals surface area (Å²) in [7, 11) is 1.65. The summed E-state index contributed by atoms with van der Waals surface area (Å²) >= 11 is 1.42. The van der Waals surface area contributed by atoms with Crippen LogP contribution < -0.4 is 15.4 Å². The first-order valence-electron chi connectivity index (χ1n) is 7.77. The van der Waals surface area contributed by atoms with Crippen LogP contribution in [0.5, 0.6) is 5.75 Å². The number of aryl methyl sites for hydroxylation is 1. The smallest absolute Gasteiger partial charge is 0.240 e. The number of benzene rings is 1. The second-order valence-electron chi connectivity index (χ2n) is 5.86. The topological polar surface area (TPSA) is 63.2 Å². The SMILES string of the molecule is COc1ccc(C)cc1-c1csc(NC(=O)CNCC2CC2)n1. The zero-order valence-corrected chi connectivity index (χ0v) is 14.2. The quantitative estimate of drug-likeness (QED) is 0.818. The highest BCUT2D eigenvalue weighted by molar-refractivity contribution is 7.14. The van der Waals surface area contributed by atoms with Crippen molar-refractivity contribution in [2.75, 3.05) is 25.5 Å². The minimum absolute atomic E-state index is 0.0530. The van der Waals surface area contributed by atoms with Crippen LogP contribution in [0.2, 0.25) is 0 Å². The van der Waals surface area contributed by atoms with E-state index in [4.69, 9.17) is 4.74 Å². The summed E-state index contributed by atoms with van der Waals surface area (Å²) in [5.41, 5.74) is 2.90. The highest BCUT2D eigenvalue weighted by atomic mass is 32.1. The molecule has 0 saturated heterocycles. The molecule has 2 aromatic rings. The van der Waals surface area contributed by atoms with Gasteiger partial charge in [-0.1, -0.05) is 11.6 Å². The Morgan fingerprint density at radius 1 is 1.43 bits per heavy atom. The molecule has 5 nitrogen and oxygen atoms in total. The van der Waals surface area contributed by atoms with Crippen molar-refractivity contribution in [1.29, 1.82) is 0 Å². The van der Waals surface area contributed by atoms with Crippen LogP contribution in [0.15, 0.2) is 23.6 Å². The fourth-order valence-corrected chi connectivity index (χ4v) is 3.08. The number of rotatable bonds is 7. The molecule has 6 heteroatoms. The van der Waals surface area contributed by atoms with Crippen LogP contribution in [0.1, 0.15) is 18.4 Å². The molecule has 1 amide bonds. The van der Waals surface area contributed by atoms with Gasteiger partial charge in [-0.25, -0.2) is 4.98 Å². The minimum Gasteiger partial charge on any atom is -0.496 e. The summed E-state index contributed by atoms with van der Waals surface area (Å²) in [6.07, 6.45) is 2.56. The third-order valence-corrected chi connectivity index (χ3v) is 4.55.